The van der Waals surface area contributed by atoms with Crippen LogP contribution in [0.3, 0.4) is 0 Å². The van der Waals surface area contributed by atoms with Crippen molar-refractivity contribution in [2.75, 3.05) is 13.1 Å². The van der Waals surface area contributed by atoms with Gasteiger partial charge in [-0.25, -0.2) is 9.37 Å². The predicted molar refractivity (Wildman–Crippen MR) is 102 cm³/mol. The fraction of sp³-hybridized carbons (Fsp3) is 0.500. The van der Waals surface area contributed by atoms with Gasteiger partial charge in [-0.1, -0.05) is 18.2 Å². The summed E-state index contributed by atoms with van der Waals surface area (Å²) in [7, 11) is 0. The topological polar surface area (TPSA) is 45.2 Å². The van der Waals surface area contributed by atoms with Crippen molar-refractivity contribution in [1.82, 2.24) is 15.2 Å². The molecule has 0 spiro atoms. The Hall–Kier alpha value is -1.79. The van der Waals surface area contributed by atoms with E-state index in [0.29, 0.717) is 17.9 Å². The van der Waals surface area contributed by atoms with Crippen LogP contribution in [0.15, 0.2) is 29.8 Å². The molecule has 3 rings (SSSR count). The van der Waals surface area contributed by atoms with E-state index in [0.717, 1.165) is 31.7 Å². The van der Waals surface area contributed by atoms with Crippen LogP contribution in [0, 0.1) is 18.7 Å². The zero-order valence-corrected chi connectivity index (χ0v) is 16.0. The van der Waals surface area contributed by atoms with Crippen LogP contribution in [0.4, 0.5) is 4.39 Å². The molecule has 0 aliphatic carbocycles. The Bertz CT molecular complexity index is 733. The monoisotopic (exact) mass is 375 g/mol. The van der Waals surface area contributed by atoms with Crippen LogP contribution in [0.5, 0.6) is 0 Å². The molecular formula is C20H26FN3OS. The number of aryl methyl sites for hydroxylation is 1. The van der Waals surface area contributed by atoms with Gasteiger partial charge in [0.15, 0.2) is 0 Å². The molecule has 1 amide bonds. The summed E-state index contributed by atoms with van der Waals surface area (Å²) < 4.78 is 13.6. The van der Waals surface area contributed by atoms with Gasteiger partial charge in [-0.05, 0) is 44.7 Å². The third kappa shape index (κ3) is 5.35. The molecule has 6 heteroatoms. The number of hydrogen-bond donors (Lipinski definition) is 1. The Morgan fingerprint density at radius 2 is 2.27 bits per heavy atom. The van der Waals surface area contributed by atoms with Gasteiger partial charge in [0.1, 0.15) is 5.82 Å². The third-order valence-corrected chi connectivity index (χ3v) is 5.95. The maximum absolute atomic E-state index is 13.6. The van der Waals surface area contributed by atoms with Crippen LogP contribution in [0.25, 0.3) is 0 Å². The first-order valence-electron chi connectivity index (χ1n) is 9.23. The molecule has 1 atom stereocenters. The van der Waals surface area contributed by atoms with Crippen LogP contribution < -0.4 is 5.32 Å². The van der Waals surface area contributed by atoms with Crippen molar-refractivity contribution in [3.63, 3.8) is 0 Å². The van der Waals surface area contributed by atoms with Crippen LogP contribution in [0.2, 0.25) is 0 Å². The average Bonchev–Trinajstić information content (AvgIpc) is 3.04. The first-order valence-corrected chi connectivity index (χ1v) is 10.1. The summed E-state index contributed by atoms with van der Waals surface area (Å²) in [4.78, 5) is 20.2. The van der Waals surface area contributed by atoms with Crippen LogP contribution >= 0.6 is 11.3 Å². The first kappa shape index (κ1) is 19.0. The number of nitrogens with one attached hydrogen (secondary N) is 1. The van der Waals surface area contributed by atoms with Crippen molar-refractivity contribution in [1.29, 1.82) is 0 Å². The van der Waals surface area contributed by atoms with E-state index in [4.69, 9.17) is 0 Å². The van der Waals surface area contributed by atoms with Crippen molar-refractivity contribution < 1.29 is 9.18 Å². The number of nitrogens with zero attached hydrogens (tertiary/aromatic N) is 2. The summed E-state index contributed by atoms with van der Waals surface area (Å²) in [6.07, 6.45) is 3.76. The van der Waals surface area contributed by atoms with Crippen molar-refractivity contribution in [2.24, 2.45) is 5.92 Å². The van der Waals surface area contributed by atoms with E-state index in [2.05, 4.69) is 22.1 Å². The van der Waals surface area contributed by atoms with E-state index in [1.165, 1.54) is 23.8 Å². The number of benzene rings is 1. The highest BCUT2D eigenvalue weighted by Gasteiger charge is 2.21. The molecule has 1 aromatic carbocycles. The number of halogens is 1. The third-order valence-electron chi connectivity index (χ3n) is 5.03. The Balaban J connectivity index is 1.40. The molecule has 0 unspecified atom stereocenters. The predicted octanol–water partition coefficient (Wildman–Crippen LogP) is 3.90. The van der Waals surface area contributed by atoms with Gasteiger partial charge in [0.2, 0.25) is 5.91 Å². The molecule has 1 N–H and O–H groups in total. The quantitative estimate of drug-likeness (QED) is 0.798. The molecule has 1 aromatic heterocycles. The van der Waals surface area contributed by atoms with Crippen molar-refractivity contribution in [3.8, 4) is 0 Å². The summed E-state index contributed by atoms with van der Waals surface area (Å²) in [5.74, 6) is 0.286. The van der Waals surface area contributed by atoms with E-state index in [9.17, 15) is 9.18 Å². The van der Waals surface area contributed by atoms with Gasteiger partial charge in [0.05, 0.1) is 11.2 Å². The Morgan fingerprint density at radius 1 is 1.42 bits per heavy atom. The number of thiazole rings is 1. The second kappa shape index (κ2) is 9.24. The molecule has 0 bridgehead atoms. The van der Waals surface area contributed by atoms with E-state index >= 15 is 0 Å². The molecule has 2 aromatic rings. The van der Waals surface area contributed by atoms with Crippen molar-refractivity contribution in [2.45, 2.75) is 45.7 Å². The Morgan fingerprint density at radius 3 is 3.04 bits per heavy atom. The van der Waals surface area contributed by atoms with Gasteiger partial charge < -0.3 is 5.32 Å². The molecule has 26 heavy (non-hydrogen) atoms. The summed E-state index contributed by atoms with van der Waals surface area (Å²) in [6, 6.07) is 6.56. The molecule has 1 aliphatic rings. The number of carbonyl (C=O) groups is 1. The SMILES string of the molecule is Cc1ncsc1CN1CCC[C@H](CCC(=O)NCc2ccccc2F)C1. The summed E-state index contributed by atoms with van der Waals surface area (Å²) in [5, 5.41) is 2.84. The summed E-state index contributed by atoms with van der Waals surface area (Å²) >= 11 is 1.72. The second-order valence-electron chi connectivity index (χ2n) is 7.01. The molecule has 1 aliphatic heterocycles. The molecule has 1 saturated heterocycles. The van der Waals surface area contributed by atoms with Gasteiger partial charge in [-0.3, -0.25) is 9.69 Å². The normalized spacial score (nSPS) is 18.0. The fourth-order valence-electron chi connectivity index (χ4n) is 3.47. The lowest BCUT2D eigenvalue weighted by molar-refractivity contribution is -0.121. The average molecular weight is 376 g/mol. The standard InChI is InChI=1S/C20H26FN3OS/c1-15-19(26-14-23-15)13-24-10-4-5-16(12-24)8-9-20(25)22-11-17-6-2-3-7-18(17)21/h2-3,6-7,14,16H,4-5,8-13H2,1H3,(H,22,25)/t16-/m1/s1. The maximum atomic E-state index is 13.6. The van der Waals surface area contributed by atoms with Gasteiger partial charge in [-0.2, -0.15) is 0 Å². The van der Waals surface area contributed by atoms with E-state index < -0.39 is 0 Å². The summed E-state index contributed by atoms with van der Waals surface area (Å²) in [5.41, 5.74) is 3.57. The van der Waals surface area contributed by atoms with Crippen LogP contribution in [-0.4, -0.2) is 28.9 Å². The number of amides is 1. The van der Waals surface area contributed by atoms with Crippen LogP contribution in [-0.2, 0) is 17.9 Å². The zero-order chi connectivity index (χ0) is 18.4. The molecule has 0 radical (unpaired) electrons. The largest absolute Gasteiger partial charge is 0.352 e. The maximum Gasteiger partial charge on any atom is 0.220 e. The van der Waals surface area contributed by atoms with Gasteiger partial charge in [0, 0.05) is 36.5 Å². The van der Waals surface area contributed by atoms with E-state index in [1.807, 2.05) is 5.51 Å². The molecule has 140 valence electrons. The lowest BCUT2D eigenvalue weighted by Gasteiger charge is -2.32. The Labute approximate surface area is 158 Å². The number of aromatic nitrogens is 1. The van der Waals surface area contributed by atoms with Crippen molar-refractivity contribution >= 4 is 17.2 Å². The second-order valence-corrected chi connectivity index (χ2v) is 7.95. The minimum absolute atomic E-state index is 0.00341. The Kier molecular flexibility index (Phi) is 6.74. The number of carbonyl (C=O) groups excluding carboxylic acids is 1. The number of likely N-dealkylation sites (tertiary alicyclic amines) is 1. The van der Waals surface area contributed by atoms with Gasteiger partial charge in [-0.15, -0.1) is 11.3 Å². The number of piperidine rings is 1. The minimum atomic E-state index is -0.269. The number of rotatable bonds is 7. The minimum Gasteiger partial charge on any atom is -0.352 e. The molecule has 4 nitrogen and oxygen atoms in total. The first-order chi connectivity index (χ1) is 12.6. The molecule has 2 heterocycles. The lowest BCUT2D eigenvalue weighted by Crippen LogP contribution is -2.35. The van der Waals surface area contributed by atoms with Gasteiger partial charge >= 0.3 is 0 Å². The number of hydrogen-bond acceptors (Lipinski definition) is 4. The van der Waals surface area contributed by atoms with Crippen molar-refractivity contribution in [3.05, 3.63) is 51.7 Å². The van der Waals surface area contributed by atoms with Crippen LogP contribution in [0.1, 0.15) is 41.8 Å². The molecule has 1 fully saturated rings. The fourth-order valence-corrected chi connectivity index (χ4v) is 4.29. The molecular weight excluding hydrogens is 349 g/mol. The van der Waals surface area contributed by atoms with Gasteiger partial charge in [0.25, 0.3) is 0 Å². The highest BCUT2D eigenvalue weighted by Crippen LogP contribution is 2.24. The zero-order valence-electron chi connectivity index (χ0n) is 15.2. The lowest BCUT2D eigenvalue weighted by atomic mass is 9.93. The summed E-state index contributed by atoms with van der Waals surface area (Å²) in [6.45, 7) is 5.44. The van der Waals surface area contributed by atoms with E-state index in [1.54, 1.807) is 29.5 Å². The van der Waals surface area contributed by atoms with E-state index in [-0.39, 0.29) is 18.3 Å². The highest BCUT2D eigenvalue weighted by atomic mass is 32.1. The smallest absolute Gasteiger partial charge is 0.220 e. The highest BCUT2D eigenvalue weighted by molar-refractivity contribution is 7.09. The molecule has 0 saturated carbocycles.